The third-order valence-corrected chi connectivity index (χ3v) is 5.00. The number of nitrogens with one attached hydrogen (secondary N) is 1. The Balaban J connectivity index is 1.65. The van der Waals surface area contributed by atoms with E-state index in [-0.39, 0.29) is 11.5 Å². The van der Waals surface area contributed by atoms with Crippen molar-refractivity contribution >= 4 is 22.8 Å². The number of ether oxygens (including phenoxy) is 1. The van der Waals surface area contributed by atoms with Crippen molar-refractivity contribution in [2.75, 3.05) is 11.9 Å². The number of pyridine rings is 1. The van der Waals surface area contributed by atoms with Gasteiger partial charge in [-0.15, -0.1) is 0 Å². The molecule has 2 aromatic carbocycles. The number of hydrogen-bond acceptors (Lipinski definition) is 4. The first-order chi connectivity index (χ1) is 15.4. The molecule has 0 aliphatic heterocycles. The lowest BCUT2D eigenvalue weighted by Gasteiger charge is -2.13. The molecule has 2 aromatic heterocycles. The molecule has 0 bridgehead atoms. The van der Waals surface area contributed by atoms with Crippen molar-refractivity contribution in [2.45, 2.75) is 27.3 Å². The van der Waals surface area contributed by atoms with Gasteiger partial charge in [-0.2, -0.15) is 0 Å². The minimum absolute atomic E-state index is 0.107. The number of aromatic nitrogens is 3. The maximum atomic E-state index is 13.2. The Morgan fingerprint density at radius 3 is 2.44 bits per heavy atom. The smallest absolute Gasteiger partial charge is 0.411 e. The quantitative estimate of drug-likeness (QED) is 0.479. The molecule has 1 amide bonds. The number of hydrogen-bond donors (Lipinski definition) is 1. The van der Waals surface area contributed by atoms with Gasteiger partial charge in [-0.05, 0) is 54.8 Å². The molecule has 4 aromatic rings. The first-order valence-corrected chi connectivity index (χ1v) is 10.6. The fraction of sp³-hybridized carbons (Fsp3) is 0.240. The molecule has 4 rings (SSSR count). The zero-order chi connectivity index (χ0) is 22.7. The van der Waals surface area contributed by atoms with Crippen LogP contribution in [0.3, 0.4) is 0 Å². The fourth-order valence-electron chi connectivity index (χ4n) is 3.46. The SMILES string of the molecule is Cc1ccc2c(=O)n(-c3ccccc3)n(Cc3ccc(NC(=O)OCC(C)C)cc3)c2n1. The van der Waals surface area contributed by atoms with E-state index >= 15 is 0 Å². The predicted molar refractivity (Wildman–Crippen MR) is 125 cm³/mol. The van der Waals surface area contributed by atoms with Gasteiger partial charge in [0.05, 0.1) is 24.2 Å². The molecule has 0 aliphatic carbocycles. The summed E-state index contributed by atoms with van der Waals surface area (Å²) in [6.07, 6.45) is -0.472. The predicted octanol–water partition coefficient (Wildman–Crippen LogP) is 4.75. The molecule has 0 atom stereocenters. The largest absolute Gasteiger partial charge is 0.449 e. The summed E-state index contributed by atoms with van der Waals surface area (Å²) in [5.74, 6) is 0.277. The molecule has 1 N–H and O–H groups in total. The molecule has 0 radical (unpaired) electrons. The van der Waals surface area contributed by atoms with E-state index in [1.165, 1.54) is 0 Å². The summed E-state index contributed by atoms with van der Waals surface area (Å²) in [6, 6.07) is 20.7. The summed E-state index contributed by atoms with van der Waals surface area (Å²) < 4.78 is 8.71. The summed E-state index contributed by atoms with van der Waals surface area (Å²) >= 11 is 0. The number of amides is 1. The normalized spacial score (nSPS) is 11.1. The van der Waals surface area contributed by atoms with E-state index in [0.717, 1.165) is 16.9 Å². The first-order valence-electron chi connectivity index (χ1n) is 10.6. The standard InChI is InChI=1S/C25H26N4O3/c1-17(2)16-32-25(31)27-20-12-10-19(11-13-20)15-28-23-22(14-9-18(3)26-23)24(30)29(28)21-7-5-4-6-8-21/h4-14,17H,15-16H2,1-3H3,(H,27,31). The van der Waals surface area contributed by atoms with E-state index in [1.54, 1.807) is 4.68 Å². The minimum atomic E-state index is -0.472. The number of fused-ring (bicyclic) bond motifs is 1. The number of anilines is 1. The molecule has 7 heteroatoms. The van der Waals surface area contributed by atoms with Gasteiger partial charge in [0.2, 0.25) is 0 Å². The lowest BCUT2D eigenvalue weighted by atomic mass is 10.2. The zero-order valence-electron chi connectivity index (χ0n) is 18.4. The molecule has 2 heterocycles. The summed E-state index contributed by atoms with van der Waals surface area (Å²) in [5.41, 5.74) is 3.77. The Labute approximate surface area is 186 Å². The van der Waals surface area contributed by atoms with E-state index in [4.69, 9.17) is 4.74 Å². The van der Waals surface area contributed by atoms with Crippen molar-refractivity contribution in [3.05, 3.63) is 88.3 Å². The van der Waals surface area contributed by atoms with Crippen LogP contribution in [-0.2, 0) is 11.3 Å². The average molecular weight is 431 g/mol. The van der Waals surface area contributed by atoms with E-state index in [2.05, 4.69) is 10.3 Å². The van der Waals surface area contributed by atoms with Crippen LogP contribution < -0.4 is 10.9 Å². The molecule has 0 spiro atoms. The van der Waals surface area contributed by atoms with Crippen LogP contribution in [0.1, 0.15) is 25.1 Å². The highest BCUT2D eigenvalue weighted by Crippen LogP contribution is 2.18. The third-order valence-electron chi connectivity index (χ3n) is 5.00. The van der Waals surface area contributed by atoms with Crippen molar-refractivity contribution in [3.8, 4) is 5.69 Å². The maximum absolute atomic E-state index is 13.2. The number of aryl methyl sites for hydroxylation is 1. The summed E-state index contributed by atoms with van der Waals surface area (Å²) in [5, 5.41) is 3.31. The van der Waals surface area contributed by atoms with Gasteiger partial charge in [-0.3, -0.25) is 14.8 Å². The number of carbonyl (C=O) groups is 1. The Morgan fingerprint density at radius 1 is 1.03 bits per heavy atom. The highest BCUT2D eigenvalue weighted by molar-refractivity contribution is 5.84. The number of rotatable bonds is 6. The molecule has 0 fully saturated rings. The van der Waals surface area contributed by atoms with E-state index in [9.17, 15) is 9.59 Å². The van der Waals surface area contributed by atoms with Gasteiger partial charge in [0.25, 0.3) is 5.56 Å². The summed E-state index contributed by atoms with van der Waals surface area (Å²) in [6.45, 7) is 6.69. The molecule has 0 unspecified atom stereocenters. The Bertz CT molecular complexity index is 1290. The second-order valence-corrected chi connectivity index (χ2v) is 8.15. The molecule has 0 aliphatic rings. The number of benzene rings is 2. The van der Waals surface area contributed by atoms with Gasteiger partial charge in [-0.25, -0.2) is 14.5 Å². The molecule has 0 saturated carbocycles. The maximum Gasteiger partial charge on any atom is 0.411 e. The highest BCUT2D eigenvalue weighted by Gasteiger charge is 2.16. The van der Waals surface area contributed by atoms with Gasteiger partial charge < -0.3 is 4.74 Å². The molecular weight excluding hydrogens is 404 g/mol. The van der Waals surface area contributed by atoms with Crippen molar-refractivity contribution in [1.82, 2.24) is 14.3 Å². The van der Waals surface area contributed by atoms with Gasteiger partial charge >= 0.3 is 6.09 Å². The Hall–Kier alpha value is -3.87. The second-order valence-electron chi connectivity index (χ2n) is 8.15. The van der Waals surface area contributed by atoms with Gasteiger partial charge in [0.1, 0.15) is 0 Å². The number of para-hydroxylation sites is 1. The topological polar surface area (TPSA) is 78.2 Å². The fourth-order valence-corrected chi connectivity index (χ4v) is 3.46. The highest BCUT2D eigenvalue weighted by atomic mass is 16.5. The van der Waals surface area contributed by atoms with Crippen molar-refractivity contribution in [2.24, 2.45) is 5.92 Å². The van der Waals surface area contributed by atoms with E-state index in [1.807, 2.05) is 92.2 Å². The van der Waals surface area contributed by atoms with Crippen LogP contribution in [0.15, 0.2) is 71.5 Å². The van der Waals surface area contributed by atoms with Gasteiger partial charge in [-0.1, -0.05) is 44.2 Å². The number of carbonyl (C=O) groups excluding carboxylic acids is 1. The third kappa shape index (κ3) is 4.56. The molecule has 7 nitrogen and oxygen atoms in total. The molecule has 0 saturated heterocycles. The lowest BCUT2D eigenvalue weighted by Crippen LogP contribution is -2.21. The zero-order valence-corrected chi connectivity index (χ0v) is 18.4. The Morgan fingerprint density at radius 2 is 1.75 bits per heavy atom. The van der Waals surface area contributed by atoms with Crippen molar-refractivity contribution in [3.63, 3.8) is 0 Å². The molecular formula is C25H26N4O3. The van der Waals surface area contributed by atoms with Crippen LogP contribution in [0.2, 0.25) is 0 Å². The summed E-state index contributed by atoms with van der Waals surface area (Å²) in [7, 11) is 0. The second kappa shape index (κ2) is 9.09. The van der Waals surface area contributed by atoms with Crippen LogP contribution in [0.4, 0.5) is 10.5 Å². The lowest BCUT2D eigenvalue weighted by molar-refractivity contribution is 0.147. The van der Waals surface area contributed by atoms with Gasteiger partial charge in [0.15, 0.2) is 5.65 Å². The van der Waals surface area contributed by atoms with Crippen LogP contribution in [-0.4, -0.2) is 27.0 Å². The molecule has 32 heavy (non-hydrogen) atoms. The van der Waals surface area contributed by atoms with Crippen molar-refractivity contribution < 1.29 is 9.53 Å². The van der Waals surface area contributed by atoms with Crippen LogP contribution >= 0.6 is 0 Å². The number of nitrogens with zero attached hydrogens (tertiary/aromatic N) is 3. The van der Waals surface area contributed by atoms with Crippen LogP contribution in [0.5, 0.6) is 0 Å². The van der Waals surface area contributed by atoms with Crippen molar-refractivity contribution in [1.29, 1.82) is 0 Å². The van der Waals surface area contributed by atoms with Gasteiger partial charge in [0, 0.05) is 11.4 Å². The Kier molecular flexibility index (Phi) is 6.07. The first kappa shape index (κ1) is 21.4. The summed E-state index contributed by atoms with van der Waals surface area (Å²) in [4.78, 5) is 29.7. The average Bonchev–Trinajstić information content (AvgIpc) is 3.05. The van der Waals surface area contributed by atoms with E-state index < -0.39 is 6.09 Å². The van der Waals surface area contributed by atoms with Crippen LogP contribution in [0, 0.1) is 12.8 Å². The molecule has 164 valence electrons. The monoisotopic (exact) mass is 430 g/mol. The minimum Gasteiger partial charge on any atom is -0.449 e. The van der Waals surface area contributed by atoms with E-state index in [0.29, 0.717) is 29.9 Å². The van der Waals surface area contributed by atoms with Crippen LogP contribution in [0.25, 0.3) is 16.7 Å².